The van der Waals surface area contributed by atoms with Gasteiger partial charge in [0.1, 0.15) is 28.7 Å². The van der Waals surface area contributed by atoms with Crippen molar-refractivity contribution in [1.82, 2.24) is 20.2 Å². The van der Waals surface area contributed by atoms with Crippen LogP contribution in [-0.2, 0) is 9.47 Å². The molecule has 2 N–H and O–H groups in total. The van der Waals surface area contributed by atoms with Crippen molar-refractivity contribution in [2.45, 2.75) is 50.0 Å². The maximum Gasteiger partial charge on any atom is 0.319 e. The Kier molecular flexibility index (Phi) is 7.73. The fourth-order valence-corrected chi connectivity index (χ4v) is 8.50. The van der Waals surface area contributed by atoms with Gasteiger partial charge in [-0.25, -0.2) is 8.78 Å². The average Bonchev–Trinajstić information content (AvgIpc) is 3.62. The zero-order valence-electron chi connectivity index (χ0n) is 27.9. The number of hydrogen-bond donors (Lipinski definition) is 2. The summed E-state index contributed by atoms with van der Waals surface area (Å²) in [5, 5.41) is 15.6. The van der Waals surface area contributed by atoms with E-state index >= 15 is 8.78 Å². The van der Waals surface area contributed by atoms with Crippen LogP contribution in [0.1, 0.15) is 31.2 Å². The molecule has 5 aliphatic rings. The highest BCUT2D eigenvalue weighted by Crippen LogP contribution is 2.48. The second-order valence-electron chi connectivity index (χ2n) is 14.5. The van der Waals surface area contributed by atoms with Crippen molar-refractivity contribution in [3.05, 3.63) is 47.5 Å². The van der Waals surface area contributed by atoms with Crippen molar-refractivity contribution >= 4 is 27.5 Å². The predicted molar refractivity (Wildman–Crippen MR) is 184 cm³/mol. The van der Waals surface area contributed by atoms with Gasteiger partial charge in [0.05, 0.1) is 50.3 Å². The van der Waals surface area contributed by atoms with Crippen molar-refractivity contribution in [3.8, 4) is 41.0 Å². The minimum Gasteiger partial charge on any atom is -0.508 e. The molecule has 4 saturated heterocycles. The van der Waals surface area contributed by atoms with Gasteiger partial charge < -0.3 is 34.3 Å². The number of phenolic OH excluding ortho intramolecular Hbond substituents is 1. The molecule has 4 aliphatic heterocycles. The summed E-state index contributed by atoms with van der Waals surface area (Å²) in [7, 11) is 1.45. The van der Waals surface area contributed by atoms with E-state index in [1.807, 2.05) is 0 Å². The number of aromatic nitrogens is 2. The van der Waals surface area contributed by atoms with E-state index in [1.165, 1.54) is 31.4 Å². The lowest BCUT2D eigenvalue weighted by atomic mass is 9.92. The first kappa shape index (κ1) is 31.7. The minimum atomic E-state index is -0.703. The second kappa shape index (κ2) is 12.2. The van der Waals surface area contributed by atoms with Crippen LogP contribution in [0.25, 0.3) is 32.8 Å². The van der Waals surface area contributed by atoms with Crippen LogP contribution >= 0.6 is 0 Å². The molecule has 1 aromatic heterocycles. The highest BCUT2D eigenvalue weighted by molar-refractivity contribution is 6.05. The number of nitrogens with one attached hydrogen (secondary N) is 1. The lowest BCUT2D eigenvalue weighted by molar-refractivity contribution is -0.116. The molecule has 4 atom stereocenters. The summed E-state index contributed by atoms with van der Waals surface area (Å²) < 4.78 is 56.4. The zero-order chi connectivity index (χ0) is 34.1. The monoisotopic (exact) mass is 683 g/mol. The largest absolute Gasteiger partial charge is 0.508 e. The first-order valence-electron chi connectivity index (χ1n) is 17.4. The molecule has 1 saturated carbocycles. The molecular weight excluding hydrogens is 644 g/mol. The van der Waals surface area contributed by atoms with Crippen molar-refractivity contribution in [2.24, 2.45) is 5.41 Å². The number of methoxy groups -OCH3 is 1. The number of anilines is 1. The Bertz CT molecular complexity index is 2020. The van der Waals surface area contributed by atoms with Gasteiger partial charge >= 0.3 is 6.01 Å². The molecule has 0 spiro atoms. The second-order valence-corrected chi connectivity index (χ2v) is 14.5. The Morgan fingerprint density at radius 1 is 1.04 bits per heavy atom. The standard InChI is InChI=1S/C38H39F2N5O5/c1-3-25-28(39)7-4-21-12-24(46)13-26(32(21)25)33-29(47-2)14-27-35(34(33)40)42-37(43-36(27)45-15-22-5-6-23(16-45)41-22)50-20-38(8-9-38)19-44-17-30-31(18-44)49-11-10-48-30/h1,4,7,12-14,22-23,30-31,41,46H,5-6,8-11,15-20H2,2H3/t22?,23?,30-,31+. The normalized spacial score (nSPS) is 25.5. The first-order valence-corrected chi connectivity index (χ1v) is 17.4. The van der Waals surface area contributed by atoms with Crippen LogP contribution in [0, 0.1) is 29.4 Å². The molecule has 12 heteroatoms. The molecule has 4 aromatic rings. The van der Waals surface area contributed by atoms with E-state index in [0.29, 0.717) is 67.0 Å². The fraction of sp³-hybridized carbons (Fsp3) is 0.474. The average molecular weight is 684 g/mol. The Morgan fingerprint density at radius 2 is 1.78 bits per heavy atom. The van der Waals surface area contributed by atoms with Gasteiger partial charge in [0.15, 0.2) is 5.82 Å². The number of piperazine rings is 1. The molecule has 9 rings (SSSR count). The molecule has 10 nitrogen and oxygen atoms in total. The van der Waals surface area contributed by atoms with Gasteiger partial charge in [0.25, 0.3) is 0 Å². The lowest BCUT2D eigenvalue weighted by Gasteiger charge is -2.34. The van der Waals surface area contributed by atoms with E-state index in [4.69, 9.17) is 35.3 Å². The van der Waals surface area contributed by atoms with Gasteiger partial charge in [-0.3, -0.25) is 4.90 Å². The van der Waals surface area contributed by atoms with Crippen molar-refractivity contribution < 1.29 is 32.8 Å². The SMILES string of the molecule is C#Cc1c(F)ccc2cc(O)cc(-c3c(OC)cc4c(N5CC6CCC(C5)N6)nc(OCC5(CN6C[C@@H]7OCCO[C@@H]7C6)CC5)nc4c3F)c12. The number of benzene rings is 3. The Balaban J connectivity index is 1.13. The van der Waals surface area contributed by atoms with Gasteiger partial charge in [-0.05, 0) is 55.3 Å². The van der Waals surface area contributed by atoms with Crippen LogP contribution in [0.4, 0.5) is 14.6 Å². The van der Waals surface area contributed by atoms with E-state index < -0.39 is 11.6 Å². The topological polar surface area (TPSA) is 101 Å². The predicted octanol–water partition coefficient (Wildman–Crippen LogP) is 4.62. The van der Waals surface area contributed by atoms with Crippen molar-refractivity contribution in [3.63, 3.8) is 0 Å². The highest BCUT2D eigenvalue weighted by atomic mass is 19.1. The van der Waals surface area contributed by atoms with Crippen LogP contribution in [0.15, 0.2) is 30.3 Å². The molecule has 0 amide bonds. The summed E-state index contributed by atoms with van der Waals surface area (Å²) in [6.45, 7) is 5.59. The number of rotatable bonds is 8. The molecule has 5 fully saturated rings. The number of hydrogen-bond acceptors (Lipinski definition) is 10. The third-order valence-electron chi connectivity index (χ3n) is 11.1. The highest BCUT2D eigenvalue weighted by Gasteiger charge is 2.48. The number of fused-ring (bicyclic) bond motifs is 5. The number of phenols is 1. The molecule has 2 bridgehead atoms. The quantitative estimate of drug-likeness (QED) is 0.256. The molecule has 5 heterocycles. The maximum absolute atomic E-state index is 17.3. The van der Waals surface area contributed by atoms with Gasteiger partial charge in [-0.15, -0.1) is 6.42 Å². The van der Waals surface area contributed by atoms with Crippen LogP contribution in [-0.4, -0.2) is 104 Å². The summed E-state index contributed by atoms with van der Waals surface area (Å²) >= 11 is 0. The molecule has 1 aliphatic carbocycles. The number of aromatic hydroxyl groups is 1. The molecule has 260 valence electrons. The van der Waals surface area contributed by atoms with Crippen LogP contribution < -0.4 is 19.7 Å². The van der Waals surface area contributed by atoms with Gasteiger partial charge in [0, 0.05) is 66.6 Å². The molecule has 2 unspecified atom stereocenters. The summed E-state index contributed by atoms with van der Waals surface area (Å²) in [4.78, 5) is 14.2. The summed E-state index contributed by atoms with van der Waals surface area (Å²) in [6, 6.07) is 8.02. The Hall–Kier alpha value is -4.28. The van der Waals surface area contributed by atoms with Crippen LogP contribution in [0.5, 0.6) is 17.5 Å². The van der Waals surface area contributed by atoms with E-state index in [1.54, 1.807) is 6.07 Å². The third-order valence-corrected chi connectivity index (χ3v) is 11.1. The third kappa shape index (κ3) is 5.48. The number of ether oxygens (including phenoxy) is 4. The molecule has 0 radical (unpaired) electrons. The van der Waals surface area contributed by atoms with E-state index in [9.17, 15) is 5.11 Å². The van der Waals surface area contributed by atoms with E-state index in [2.05, 4.69) is 21.0 Å². The number of terminal acetylenes is 1. The van der Waals surface area contributed by atoms with Crippen LogP contribution in [0.3, 0.4) is 0 Å². The summed E-state index contributed by atoms with van der Waals surface area (Å²) in [5.74, 6) is 1.72. The molecule has 3 aromatic carbocycles. The number of nitrogens with zero attached hydrogens (tertiary/aromatic N) is 4. The maximum atomic E-state index is 17.3. The van der Waals surface area contributed by atoms with Gasteiger partial charge in [-0.1, -0.05) is 12.0 Å². The van der Waals surface area contributed by atoms with Gasteiger partial charge in [-0.2, -0.15) is 9.97 Å². The Labute approximate surface area is 288 Å². The Morgan fingerprint density at radius 3 is 2.46 bits per heavy atom. The van der Waals surface area contributed by atoms with Crippen molar-refractivity contribution in [1.29, 1.82) is 0 Å². The lowest BCUT2D eigenvalue weighted by Crippen LogP contribution is -2.51. The van der Waals surface area contributed by atoms with Crippen molar-refractivity contribution in [2.75, 3.05) is 64.6 Å². The number of likely N-dealkylation sites (tertiary alicyclic amines) is 1. The first-order chi connectivity index (χ1) is 24.3. The number of halogens is 2. The minimum absolute atomic E-state index is 0.0116. The summed E-state index contributed by atoms with van der Waals surface area (Å²) in [6.07, 6.45) is 10.1. The van der Waals surface area contributed by atoms with E-state index in [0.717, 1.165) is 45.3 Å². The summed E-state index contributed by atoms with van der Waals surface area (Å²) in [5.41, 5.74) is 0.164. The van der Waals surface area contributed by atoms with E-state index in [-0.39, 0.29) is 57.3 Å². The molecule has 50 heavy (non-hydrogen) atoms. The fourth-order valence-electron chi connectivity index (χ4n) is 8.50. The van der Waals surface area contributed by atoms with Gasteiger partial charge in [0.2, 0.25) is 0 Å². The zero-order valence-corrected chi connectivity index (χ0v) is 27.9. The van der Waals surface area contributed by atoms with Crippen LogP contribution in [0.2, 0.25) is 0 Å². The molecular formula is C38H39F2N5O5. The smallest absolute Gasteiger partial charge is 0.319 e.